The number of carboxylic acid groups (broad SMARTS) is 1. The summed E-state index contributed by atoms with van der Waals surface area (Å²) < 4.78 is 0. The molecule has 5 heteroatoms. The maximum Gasteiger partial charge on any atom is 0.323 e. The lowest BCUT2D eigenvalue weighted by atomic mass is 9.95. The van der Waals surface area contributed by atoms with Crippen molar-refractivity contribution in [2.45, 2.75) is 13.0 Å². The van der Waals surface area contributed by atoms with Crippen LogP contribution >= 0.6 is 0 Å². The minimum Gasteiger partial charge on any atom is -0.480 e. The molecule has 0 fully saturated rings. The number of nitrogens with one attached hydrogen (secondary N) is 1. The molecule has 0 saturated carbocycles. The van der Waals surface area contributed by atoms with Crippen LogP contribution in [0.25, 0.3) is 0 Å². The molecule has 1 aliphatic heterocycles. The molecular weight excluding hydrogens is 256 g/mol. The van der Waals surface area contributed by atoms with Crippen LogP contribution < -0.4 is 5.32 Å². The number of hydrogen-bond acceptors (Lipinski definition) is 3. The highest BCUT2D eigenvalue weighted by Gasteiger charge is 2.22. The van der Waals surface area contributed by atoms with E-state index in [9.17, 15) is 9.59 Å². The Hall–Kier alpha value is -2.32. The molecule has 2 rings (SSSR count). The number of carboxylic acids is 1. The van der Waals surface area contributed by atoms with Crippen molar-refractivity contribution < 1.29 is 14.7 Å². The number of carbonyl (C=O) groups excluding carboxylic acids is 1. The number of amides is 1. The van der Waals surface area contributed by atoms with E-state index in [0.29, 0.717) is 5.56 Å². The summed E-state index contributed by atoms with van der Waals surface area (Å²) in [7, 11) is 0. The largest absolute Gasteiger partial charge is 0.480 e. The van der Waals surface area contributed by atoms with E-state index in [1.165, 1.54) is 4.90 Å². The maximum absolute atomic E-state index is 12.5. The Morgan fingerprint density at radius 3 is 2.95 bits per heavy atom. The number of carbonyl (C=O) groups is 2. The fraction of sp³-hybridized carbons (Fsp3) is 0.333. The molecule has 0 aromatic heterocycles. The summed E-state index contributed by atoms with van der Waals surface area (Å²) in [6, 6.07) is 5.52. The zero-order valence-corrected chi connectivity index (χ0v) is 11.1. The molecule has 2 N–H and O–H groups in total. The lowest BCUT2D eigenvalue weighted by molar-refractivity contribution is -0.137. The maximum atomic E-state index is 12.5. The fourth-order valence-electron chi connectivity index (χ4n) is 2.38. The summed E-state index contributed by atoms with van der Waals surface area (Å²) >= 11 is 0. The van der Waals surface area contributed by atoms with Crippen molar-refractivity contribution in [1.82, 2.24) is 10.2 Å². The summed E-state index contributed by atoms with van der Waals surface area (Å²) in [5.74, 6) is 0.948. The molecule has 0 unspecified atom stereocenters. The number of hydrogen-bond donors (Lipinski definition) is 2. The molecular formula is C15H16N2O3. The van der Waals surface area contributed by atoms with Crippen LogP contribution in [0.1, 0.15) is 21.5 Å². The first kappa shape index (κ1) is 14.1. The van der Waals surface area contributed by atoms with Gasteiger partial charge < -0.3 is 15.3 Å². The van der Waals surface area contributed by atoms with Crippen LogP contribution in [0.15, 0.2) is 18.2 Å². The molecule has 0 aliphatic carbocycles. The Morgan fingerprint density at radius 1 is 1.45 bits per heavy atom. The summed E-state index contributed by atoms with van der Waals surface area (Å²) in [4.78, 5) is 24.5. The second kappa shape index (κ2) is 6.22. The van der Waals surface area contributed by atoms with Crippen molar-refractivity contribution in [2.75, 3.05) is 19.6 Å². The van der Waals surface area contributed by atoms with E-state index in [-0.39, 0.29) is 19.0 Å². The molecule has 1 aromatic rings. The van der Waals surface area contributed by atoms with E-state index < -0.39 is 5.97 Å². The minimum atomic E-state index is -1.07. The number of benzene rings is 1. The third-order valence-electron chi connectivity index (χ3n) is 3.27. The van der Waals surface area contributed by atoms with Crippen LogP contribution in [0, 0.1) is 12.3 Å². The van der Waals surface area contributed by atoms with Gasteiger partial charge in [0.05, 0.1) is 6.54 Å². The van der Waals surface area contributed by atoms with Crippen LogP contribution in [0.2, 0.25) is 0 Å². The molecule has 0 radical (unpaired) electrons. The van der Waals surface area contributed by atoms with Gasteiger partial charge in [-0.15, -0.1) is 6.42 Å². The first-order valence-electron chi connectivity index (χ1n) is 6.39. The molecule has 20 heavy (non-hydrogen) atoms. The van der Waals surface area contributed by atoms with Crippen LogP contribution in [0.3, 0.4) is 0 Å². The zero-order valence-electron chi connectivity index (χ0n) is 11.1. The molecule has 1 amide bonds. The van der Waals surface area contributed by atoms with Gasteiger partial charge in [0, 0.05) is 12.1 Å². The zero-order chi connectivity index (χ0) is 14.5. The molecule has 1 heterocycles. The average molecular weight is 272 g/mol. The quantitative estimate of drug-likeness (QED) is 0.783. The second-order valence-corrected chi connectivity index (χ2v) is 4.63. The fourth-order valence-corrected chi connectivity index (χ4v) is 2.38. The molecule has 0 saturated heterocycles. The minimum absolute atomic E-state index is 0.00689. The van der Waals surface area contributed by atoms with Crippen LogP contribution in [0.5, 0.6) is 0 Å². The predicted octanol–water partition coefficient (Wildman–Crippen LogP) is 0.492. The number of aliphatic carboxylic acids is 1. The van der Waals surface area contributed by atoms with Crippen LogP contribution in [-0.4, -0.2) is 41.5 Å². The number of fused-ring (bicyclic) bond motifs is 1. The van der Waals surface area contributed by atoms with Crippen LogP contribution in [-0.2, 0) is 17.8 Å². The van der Waals surface area contributed by atoms with E-state index in [0.717, 1.165) is 30.6 Å². The summed E-state index contributed by atoms with van der Waals surface area (Å²) in [5.41, 5.74) is 2.63. The van der Waals surface area contributed by atoms with Gasteiger partial charge in [0.2, 0.25) is 0 Å². The number of rotatable bonds is 4. The van der Waals surface area contributed by atoms with Gasteiger partial charge in [0.1, 0.15) is 6.54 Å². The van der Waals surface area contributed by atoms with E-state index >= 15 is 0 Å². The average Bonchev–Trinajstić information content (AvgIpc) is 2.45. The third kappa shape index (κ3) is 2.98. The first-order chi connectivity index (χ1) is 9.63. The first-order valence-corrected chi connectivity index (χ1v) is 6.39. The number of nitrogens with zero attached hydrogens (tertiary/aromatic N) is 1. The normalized spacial score (nSPS) is 13.2. The highest BCUT2D eigenvalue weighted by atomic mass is 16.4. The monoisotopic (exact) mass is 272 g/mol. The Morgan fingerprint density at radius 2 is 2.25 bits per heavy atom. The number of terminal acetylenes is 1. The highest BCUT2D eigenvalue weighted by molar-refractivity contribution is 5.97. The lowest BCUT2D eigenvalue weighted by Gasteiger charge is -2.23. The smallest absolute Gasteiger partial charge is 0.323 e. The van der Waals surface area contributed by atoms with Gasteiger partial charge in [-0.25, -0.2) is 0 Å². The van der Waals surface area contributed by atoms with E-state index in [1.807, 2.05) is 12.1 Å². The Kier molecular flexibility index (Phi) is 4.38. The van der Waals surface area contributed by atoms with Gasteiger partial charge in [-0.3, -0.25) is 9.59 Å². The summed E-state index contributed by atoms with van der Waals surface area (Å²) in [5, 5.41) is 12.1. The van der Waals surface area contributed by atoms with Crippen molar-refractivity contribution >= 4 is 11.9 Å². The van der Waals surface area contributed by atoms with Crippen LogP contribution in [0.4, 0.5) is 0 Å². The van der Waals surface area contributed by atoms with E-state index in [4.69, 9.17) is 11.5 Å². The molecule has 104 valence electrons. The van der Waals surface area contributed by atoms with Crippen molar-refractivity contribution in [1.29, 1.82) is 0 Å². The van der Waals surface area contributed by atoms with Gasteiger partial charge in [-0.2, -0.15) is 0 Å². The predicted molar refractivity (Wildman–Crippen MR) is 74.2 cm³/mol. The van der Waals surface area contributed by atoms with E-state index in [1.54, 1.807) is 6.07 Å². The van der Waals surface area contributed by atoms with Crippen molar-refractivity contribution in [2.24, 2.45) is 0 Å². The van der Waals surface area contributed by atoms with Gasteiger partial charge in [0.15, 0.2) is 0 Å². The molecule has 0 spiro atoms. The van der Waals surface area contributed by atoms with E-state index in [2.05, 4.69) is 11.2 Å². The van der Waals surface area contributed by atoms with Crippen molar-refractivity contribution in [3.8, 4) is 12.3 Å². The summed E-state index contributed by atoms with van der Waals surface area (Å²) in [6.07, 6.45) is 5.97. The van der Waals surface area contributed by atoms with Gasteiger partial charge in [-0.05, 0) is 30.2 Å². The molecule has 0 bridgehead atoms. The second-order valence-electron chi connectivity index (χ2n) is 4.63. The Labute approximate surface area is 117 Å². The van der Waals surface area contributed by atoms with Crippen molar-refractivity contribution in [3.63, 3.8) is 0 Å². The standard InChI is InChI=1S/C15H16N2O3/c1-2-8-17(10-14(18)19)15(20)13-5-3-4-11-9-16-7-6-12(11)13/h1,3-5,16H,6-10H2,(H,18,19). The molecule has 1 aliphatic rings. The van der Waals surface area contributed by atoms with Gasteiger partial charge in [0.25, 0.3) is 5.91 Å². The Balaban J connectivity index is 2.32. The van der Waals surface area contributed by atoms with Crippen molar-refractivity contribution in [3.05, 3.63) is 34.9 Å². The molecule has 5 nitrogen and oxygen atoms in total. The van der Waals surface area contributed by atoms with Gasteiger partial charge >= 0.3 is 5.97 Å². The Bertz CT molecular complexity index is 575. The SMILES string of the molecule is C#CCN(CC(=O)O)C(=O)c1cccc2c1CCNC2. The molecule has 0 atom stereocenters. The highest BCUT2D eigenvalue weighted by Crippen LogP contribution is 2.20. The molecule has 1 aromatic carbocycles. The lowest BCUT2D eigenvalue weighted by Crippen LogP contribution is -2.37. The topological polar surface area (TPSA) is 69.6 Å². The third-order valence-corrected chi connectivity index (χ3v) is 3.27. The van der Waals surface area contributed by atoms with Gasteiger partial charge in [-0.1, -0.05) is 18.1 Å². The summed E-state index contributed by atoms with van der Waals surface area (Å²) in [6.45, 7) is 1.15.